The molecular formula is C23H22F4N4O2. The lowest BCUT2D eigenvalue weighted by Gasteiger charge is -2.10. The molecule has 1 amide bonds. The molecule has 0 spiro atoms. The van der Waals surface area contributed by atoms with E-state index >= 15 is 0 Å². The Morgan fingerprint density at radius 3 is 2.15 bits per heavy atom. The summed E-state index contributed by atoms with van der Waals surface area (Å²) in [7, 11) is 0. The molecule has 0 saturated carbocycles. The van der Waals surface area contributed by atoms with E-state index in [0.717, 1.165) is 6.07 Å². The van der Waals surface area contributed by atoms with E-state index in [4.69, 9.17) is 11.5 Å². The monoisotopic (exact) mass is 462 g/mol. The van der Waals surface area contributed by atoms with Crippen molar-refractivity contribution in [3.8, 4) is 11.3 Å². The molecule has 0 aliphatic heterocycles. The lowest BCUT2D eigenvalue weighted by atomic mass is 9.99. The molecule has 2 aromatic carbocycles. The average Bonchev–Trinajstić information content (AvgIpc) is 3.07. The number of aromatic nitrogens is 2. The van der Waals surface area contributed by atoms with Crippen molar-refractivity contribution in [2.45, 2.75) is 38.9 Å². The number of nitrogens with zero attached hydrogens (tertiary/aromatic N) is 2. The minimum Gasteiger partial charge on any atom is -0.383 e. The van der Waals surface area contributed by atoms with Crippen molar-refractivity contribution in [2.24, 2.45) is 5.73 Å². The number of rotatable bonds is 7. The fourth-order valence-corrected chi connectivity index (χ4v) is 3.48. The lowest BCUT2D eigenvalue weighted by molar-refractivity contribution is -0.140. The number of ketones is 1. The van der Waals surface area contributed by atoms with Gasteiger partial charge < -0.3 is 11.5 Å². The van der Waals surface area contributed by atoms with Crippen LogP contribution in [0.15, 0.2) is 42.5 Å². The molecule has 0 atom stereocenters. The first-order chi connectivity index (χ1) is 15.4. The Bertz CT molecular complexity index is 1200. The number of benzene rings is 2. The van der Waals surface area contributed by atoms with Crippen molar-refractivity contribution >= 4 is 17.5 Å². The van der Waals surface area contributed by atoms with Gasteiger partial charge in [0.05, 0.1) is 5.56 Å². The molecule has 0 saturated heterocycles. The summed E-state index contributed by atoms with van der Waals surface area (Å²) < 4.78 is 53.5. The summed E-state index contributed by atoms with van der Waals surface area (Å²) >= 11 is 0. The molecule has 1 aromatic heterocycles. The van der Waals surface area contributed by atoms with Crippen molar-refractivity contribution in [1.29, 1.82) is 0 Å². The van der Waals surface area contributed by atoms with Gasteiger partial charge in [-0.1, -0.05) is 30.3 Å². The predicted molar refractivity (Wildman–Crippen MR) is 115 cm³/mol. The molecule has 3 aromatic rings. The van der Waals surface area contributed by atoms with Crippen LogP contribution in [0.1, 0.15) is 46.9 Å². The van der Waals surface area contributed by atoms with Gasteiger partial charge in [0.15, 0.2) is 0 Å². The maximum atomic E-state index is 13.4. The van der Waals surface area contributed by atoms with Crippen LogP contribution in [-0.4, -0.2) is 21.5 Å². The van der Waals surface area contributed by atoms with Gasteiger partial charge in [0.2, 0.25) is 0 Å². The third-order valence-electron chi connectivity index (χ3n) is 5.05. The highest BCUT2D eigenvalue weighted by Gasteiger charge is 2.34. The predicted octanol–water partition coefficient (Wildman–Crippen LogP) is 4.32. The minimum absolute atomic E-state index is 0.0374. The molecule has 0 fully saturated rings. The van der Waals surface area contributed by atoms with E-state index in [9.17, 15) is 27.2 Å². The van der Waals surface area contributed by atoms with E-state index in [1.54, 1.807) is 24.3 Å². The normalized spacial score (nSPS) is 11.7. The van der Waals surface area contributed by atoms with Crippen LogP contribution in [0.2, 0.25) is 0 Å². The van der Waals surface area contributed by atoms with Gasteiger partial charge in [-0.2, -0.15) is 18.3 Å². The molecule has 0 radical (unpaired) electrons. The lowest BCUT2D eigenvalue weighted by Crippen LogP contribution is -2.15. The Balaban J connectivity index is 1.78. The van der Waals surface area contributed by atoms with Gasteiger partial charge in [0.1, 0.15) is 28.7 Å². The zero-order chi connectivity index (χ0) is 24.5. The van der Waals surface area contributed by atoms with Crippen LogP contribution in [0.3, 0.4) is 0 Å². The first-order valence-electron chi connectivity index (χ1n) is 10.0. The molecule has 4 N–H and O–H groups in total. The molecule has 0 unspecified atom stereocenters. The molecule has 6 nitrogen and oxygen atoms in total. The minimum atomic E-state index is -4.84. The number of primary amides is 1. The molecule has 3 rings (SSSR count). The number of alkyl halides is 3. The quantitative estimate of drug-likeness (QED) is 0.510. The second kappa shape index (κ2) is 9.05. The summed E-state index contributed by atoms with van der Waals surface area (Å²) in [6.07, 6.45) is -5.15. The van der Waals surface area contributed by atoms with Crippen molar-refractivity contribution < 1.29 is 27.2 Å². The van der Waals surface area contributed by atoms with Gasteiger partial charge in [-0.15, -0.1) is 0 Å². The number of carbonyl (C=O) groups is 2. The molecular weight excluding hydrogens is 440 g/mol. The zero-order valence-electron chi connectivity index (χ0n) is 17.9. The van der Waals surface area contributed by atoms with Gasteiger partial charge in [0.25, 0.3) is 5.91 Å². The van der Waals surface area contributed by atoms with Gasteiger partial charge in [-0.05, 0) is 37.1 Å². The maximum Gasteiger partial charge on any atom is 0.419 e. The Morgan fingerprint density at radius 2 is 1.61 bits per heavy atom. The molecule has 0 aliphatic carbocycles. The number of hydrogen-bond acceptors (Lipinski definition) is 4. The summed E-state index contributed by atoms with van der Waals surface area (Å²) in [5.41, 5.74) is 11.8. The number of nitrogens with two attached hydrogens (primary N) is 2. The number of halogens is 4. The highest BCUT2D eigenvalue weighted by atomic mass is 19.4. The SMILES string of the molecule is CC(C)n1nc(-c2ccc(CC(=O)Cc3ccc(F)c(C(F)(F)F)c3)cc2)c(C(N)=O)c1N. The highest BCUT2D eigenvalue weighted by Crippen LogP contribution is 2.32. The second-order valence-corrected chi connectivity index (χ2v) is 7.91. The van der Waals surface area contributed by atoms with E-state index in [2.05, 4.69) is 5.10 Å². The van der Waals surface area contributed by atoms with Crippen LogP contribution in [0.25, 0.3) is 11.3 Å². The van der Waals surface area contributed by atoms with E-state index < -0.39 is 23.5 Å². The highest BCUT2D eigenvalue weighted by molar-refractivity contribution is 6.03. The Morgan fingerprint density at radius 1 is 1.03 bits per heavy atom. The summed E-state index contributed by atoms with van der Waals surface area (Å²) in [6.45, 7) is 3.71. The van der Waals surface area contributed by atoms with Crippen molar-refractivity contribution in [1.82, 2.24) is 9.78 Å². The molecule has 10 heteroatoms. The Hall–Kier alpha value is -3.69. The van der Waals surface area contributed by atoms with Gasteiger partial charge in [0, 0.05) is 24.4 Å². The molecule has 174 valence electrons. The van der Waals surface area contributed by atoms with Crippen molar-refractivity contribution in [3.63, 3.8) is 0 Å². The van der Waals surface area contributed by atoms with E-state index in [0.29, 0.717) is 29.0 Å². The maximum absolute atomic E-state index is 13.4. The van der Waals surface area contributed by atoms with E-state index in [-0.39, 0.29) is 41.6 Å². The fourth-order valence-electron chi connectivity index (χ4n) is 3.48. The number of Topliss-reactive ketones (excluding diaryl/α,β-unsaturated/α-hetero) is 1. The molecule has 33 heavy (non-hydrogen) atoms. The number of anilines is 1. The number of hydrogen-bond donors (Lipinski definition) is 2. The van der Waals surface area contributed by atoms with Crippen LogP contribution in [0.5, 0.6) is 0 Å². The molecule has 0 bridgehead atoms. The molecule has 1 heterocycles. The average molecular weight is 462 g/mol. The number of amides is 1. The topological polar surface area (TPSA) is 104 Å². The fraction of sp³-hybridized carbons (Fsp3) is 0.261. The van der Waals surface area contributed by atoms with Crippen LogP contribution < -0.4 is 11.5 Å². The van der Waals surface area contributed by atoms with Crippen LogP contribution in [0, 0.1) is 5.82 Å². The van der Waals surface area contributed by atoms with Crippen LogP contribution in [0.4, 0.5) is 23.4 Å². The van der Waals surface area contributed by atoms with Crippen molar-refractivity contribution in [3.05, 3.63) is 70.5 Å². The third kappa shape index (κ3) is 5.21. The zero-order valence-corrected chi connectivity index (χ0v) is 17.9. The largest absolute Gasteiger partial charge is 0.419 e. The van der Waals surface area contributed by atoms with Crippen LogP contribution >= 0.6 is 0 Å². The number of nitrogen functional groups attached to an aromatic ring is 1. The number of carbonyl (C=O) groups excluding carboxylic acids is 2. The van der Waals surface area contributed by atoms with E-state index in [1.807, 2.05) is 13.8 Å². The van der Waals surface area contributed by atoms with Crippen molar-refractivity contribution in [2.75, 3.05) is 5.73 Å². The molecule has 0 aliphatic rings. The van der Waals surface area contributed by atoms with E-state index in [1.165, 1.54) is 4.68 Å². The summed E-state index contributed by atoms with van der Waals surface area (Å²) in [6, 6.07) is 9.02. The van der Waals surface area contributed by atoms with Gasteiger partial charge in [-0.3, -0.25) is 9.59 Å². The smallest absolute Gasteiger partial charge is 0.383 e. The van der Waals surface area contributed by atoms with Crippen LogP contribution in [-0.2, 0) is 23.8 Å². The second-order valence-electron chi connectivity index (χ2n) is 7.91. The first kappa shape index (κ1) is 24.0. The first-order valence-corrected chi connectivity index (χ1v) is 10.0. The Kier molecular flexibility index (Phi) is 6.57. The van der Waals surface area contributed by atoms with Gasteiger partial charge in [-0.25, -0.2) is 9.07 Å². The summed E-state index contributed by atoms with van der Waals surface area (Å²) in [4.78, 5) is 24.3. The Labute approximate surface area is 187 Å². The van der Waals surface area contributed by atoms with Gasteiger partial charge >= 0.3 is 6.18 Å². The standard InChI is InChI=1S/C23H22F4N4O2/c1-12(2)31-21(28)19(22(29)33)20(30-31)15-6-3-13(4-7-15)9-16(32)10-14-5-8-18(24)17(11-14)23(25,26)27/h3-8,11-12H,9-10,28H2,1-2H3,(H2,29,33). The summed E-state index contributed by atoms with van der Waals surface area (Å²) in [5.74, 6) is -2.28. The third-order valence-corrected chi connectivity index (χ3v) is 5.05. The summed E-state index contributed by atoms with van der Waals surface area (Å²) in [5, 5.41) is 4.38.